The zero-order valence-electron chi connectivity index (χ0n) is 11.9. The van der Waals surface area contributed by atoms with Crippen molar-refractivity contribution in [2.24, 2.45) is 0 Å². The molecular formula is C19H13NO2. The molecule has 3 aromatic rings. The predicted molar refractivity (Wildman–Crippen MR) is 87.7 cm³/mol. The van der Waals surface area contributed by atoms with Gasteiger partial charge >= 0.3 is 0 Å². The maximum atomic E-state index is 12.2. The van der Waals surface area contributed by atoms with Gasteiger partial charge in [-0.05, 0) is 34.4 Å². The van der Waals surface area contributed by atoms with Gasteiger partial charge < -0.3 is 0 Å². The van der Waals surface area contributed by atoms with E-state index >= 15 is 0 Å². The van der Waals surface area contributed by atoms with Crippen molar-refractivity contribution in [3.8, 4) is 0 Å². The quantitative estimate of drug-likeness (QED) is 0.388. The highest BCUT2D eigenvalue weighted by Gasteiger charge is 2.34. The Morgan fingerprint density at radius 1 is 0.864 bits per heavy atom. The second-order valence-electron chi connectivity index (χ2n) is 5.51. The molecule has 1 fully saturated rings. The van der Waals surface area contributed by atoms with E-state index in [1.54, 1.807) is 0 Å². The summed E-state index contributed by atoms with van der Waals surface area (Å²) in [6, 6.07) is 17.8. The van der Waals surface area contributed by atoms with Crippen LogP contribution in [0.5, 0.6) is 0 Å². The summed E-state index contributed by atoms with van der Waals surface area (Å²) in [5.74, 6) is -0.513. The largest absolute Gasteiger partial charge is 0.274 e. The molecule has 3 aromatic carbocycles. The van der Waals surface area contributed by atoms with Crippen LogP contribution in [0.1, 0.15) is 6.42 Å². The Bertz CT molecular complexity index is 971. The summed E-state index contributed by atoms with van der Waals surface area (Å²) in [5, 5.41) is 4.13. The second-order valence-corrected chi connectivity index (χ2v) is 5.51. The number of benzene rings is 3. The fourth-order valence-corrected chi connectivity index (χ4v) is 3.00. The lowest BCUT2D eigenvalue weighted by molar-refractivity contribution is -0.120. The predicted octanol–water partition coefficient (Wildman–Crippen LogP) is 3.81. The fourth-order valence-electron chi connectivity index (χ4n) is 3.00. The molecule has 3 nitrogen and oxygen atoms in total. The highest BCUT2D eigenvalue weighted by Crippen LogP contribution is 2.34. The van der Waals surface area contributed by atoms with E-state index in [0.29, 0.717) is 11.3 Å². The van der Waals surface area contributed by atoms with Gasteiger partial charge in [0, 0.05) is 11.0 Å². The maximum absolute atomic E-state index is 12.2. The molecule has 1 heterocycles. The molecular weight excluding hydrogens is 274 g/mol. The van der Waals surface area contributed by atoms with Crippen LogP contribution in [0.25, 0.3) is 21.5 Å². The van der Waals surface area contributed by atoms with E-state index in [-0.39, 0.29) is 18.2 Å². The summed E-state index contributed by atoms with van der Waals surface area (Å²) in [6.45, 7) is 3.68. The molecule has 0 atom stereocenters. The van der Waals surface area contributed by atoms with E-state index < -0.39 is 0 Å². The lowest BCUT2D eigenvalue weighted by atomic mass is 10.0. The molecule has 0 bridgehead atoms. The SMILES string of the molecule is C=C1CC(=O)N(c2cccc3cc4ccccc4cc23)C1=O. The molecule has 0 spiro atoms. The summed E-state index contributed by atoms with van der Waals surface area (Å²) in [6.07, 6.45) is 0.100. The first kappa shape index (κ1) is 12.8. The zero-order chi connectivity index (χ0) is 15.3. The Hall–Kier alpha value is -2.94. The average Bonchev–Trinajstić information content (AvgIpc) is 2.77. The number of rotatable bonds is 1. The van der Waals surface area contributed by atoms with Crippen LogP contribution in [0.4, 0.5) is 5.69 Å². The van der Waals surface area contributed by atoms with Gasteiger partial charge in [-0.25, -0.2) is 4.90 Å². The molecule has 0 radical (unpaired) electrons. The van der Waals surface area contributed by atoms with E-state index in [1.807, 2.05) is 42.5 Å². The number of hydrogen-bond donors (Lipinski definition) is 0. The van der Waals surface area contributed by atoms with Crippen molar-refractivity contribution in [3.05, 3.63) is 66.7 Å². The third kappa shape index (κ3) is 1.76. The normalized spacial score (nSPS) is 15.3. The number of carbonyl (C=O) groups is 2. The monoisotopic (exact) mass is 287 g/mol. The Morgan fingerprint density at radius 2 is 1.55 bits per heavy atom. The molecule has 2 amide bonds. The van der Waals surface area contributed by atoms with E-state index in [2.05, 4.69) is 18.7 Å². The summed E-state index contributed by atoms with van der Waals surface area (Å²) in [7, 11) is 0. The zero-order valence-corrected chi connectivity index (χ0v) is 11.9. The van der Waals surface area contributed by atoms with Crippen LogP contribution in [-0.4, -0.2) is 11.8 Å². The first-order chi connectivity index (χ1) is 10.6. The van der Waals surface area contributed by atoms with Gasteiger partial charge in [-0.15, -0.1) is 0 Å². The number of nitrogens with zero attached hydrogens (tertiary/aromatic N) is 1. The van der Waals surface area contributed by atoms with Crippen molar-refractivity contribution < 1.29 is 9.59 Å². The van der Waals surface area contributed by atoms with E-state index in [9.17, 15) is 9.59 Å². The molecule has 0 saturated carbocycles. The van der Waals surface area contributed by atoms with Crippen molar-refractivity contribution in [2.45, 2.75) is 6.42 Å². The Morgan fingerprint density at radius 3 is 2.23 bits per heavy atom. The molecule has 22 heavy (non-hydrogen) atoms. The van der Waals surface area contributed by atoms with Gasteiger partial charge in [0.05, 0.1) is 12.1 Å². The van der Waals surface area contributed by atoms with Crippen LogP contribution in [0.3, 0.4) is 0 Å². The van der Waals surface area contributed by atoms with E-state index in [4.69, 9.17) is 0 Å². The Balaban J connectivity index is 2.02. The van der Waals surface area contributed by atoms with Crippen molar-refractivity contribution >= 4 is 39.0 Å². The lowest BCUT2D eigenvalue weighted by Crippen LogP contribution is -2.29. The highest BCUT2D eigenvalue weighted by atomic mass is 16.2. The molecule has 4 rings (SSSR count). The van der Waals surface area contributed by atoms with Crippen molar-refractivity contribution in [1.82, 2.24) is 0 Å². The van der Waals surface area contributed by atoms with Gasteiger partial charge in [0.1, 0.15) is 0 Å². The van der Waals surface area contributed by atoms with Crippen LogP contribution in [-0.2, 0) is 9.59 Å². The molecule has 1 saturated heterocycles. The van der Waals surface area contributed by atoms with Crippen LogP contribution in [0.15, 0.2) is 66.7 Å². The number of carbonyl (C=O) groups excluding carboxylic acids is 2. The van der Waals surface area contributed by atoms with Crippen molar-refractivity contribution in [3.63, 3.8) is 0 Å². The van der Waals surface area contributed by atoms with Crippen LogP contribution < -0.4 is 4.90 Å². The third-order valence-corrected chi connectivity index (χ3v) is 4.08. The Kier molecular flexibility index (Phi) is 2.63. The van der Waals surface area contributed by atoms with Crippen molar-refractivity contribution in [2.75, 3.05) is 4.90 Å². The first-order valence-corrected chi connectivity index (χ1v) is 7.12. The highest BCUT2D eigenvalue weighted by molar-refractivity contribution is 6.30. The summed E-state index contributed by atoms with van der Waals surface area (Å²) < 4.78 is 0. The maximum Gasteiger partial charge on any atom is 0.260 e. The molecule has 0 aliphatic carbocycles. The van der Waals surface area contributed by atoms with Gasteiger partial charge in [-0.1, -0.05) is 43.0 Å². The minimum absolute atomic E-state index is 0.100. The molecule has 0 aromatic heterocycles. The molecule has 1 aliphatic heterocycles. The van der Waals surface area contributed by atoms with E-state index in [0.717, 1.165) is 21.5 Å². The lowest BCUT2D eigenvalue weighted by Gasteiger charge is -2.16. The average molecular weight is 287 g/mol. The summed E-state index contributed by atoms with van der Waals surface area (Å²) >= 11 is 0. The van der Waals surface area contributed by atoms with Crippen LogP contribution >= 0.6 is 0 Å². The van der Waals surface area contributed by atoms with E-state index in [1.165, 1.54) is 4.90 Å². The summed E-state index contributed by atoms with van der Waals surface area (Å²) in [5.41, 5.74) is 0.986. The number of amides is 2. The van der Waals surface area contributed by atoms with Gasteiger partial charge in [0.25, 0.3) is 5.91 Å². The summed E-state index contributed by atoms with van der Waals surface area (Å²) in [4.78, 5) is 25.6. The third-order valence-electron chi connectivity index (χ3n) is 4.08. The standard InChI is InChI=1S/C19H13NO2/c1-12-9-18(21)20(19(12)22)17-8-4-7-15-10-13-5-2-3-6-14(13)11-16(15)17/h2-8,10-11H,1,9H2. The molecule has 0 unspecified atom stereocenters. The minimum Gasteiger partial charge on any atom is -0.274 e. The first-order valence-electron chi connectivity index (χ1n) is 7.12. The smallest absolute Gasteiger partial charge is 0.260 e. The van der Waals surface area contributed by atoms with Crippen LogP contribution in [0, 0.1) is 0 Å². The second kappa shape index (κ2) is 4.53. The van der Waals surface area contributed by atoms with Gasteiger partial charge in [-0.3, -0.25) is 9.59 Å². The molecule has 1 aliphatic rings. The van der Waals surface area contributed by atoms with Gasteiger partial charge in [0.2, 0.25) is 5.91 Å². The molecule has 106 valence electrons. The number of fused-ring (bicyclic) bond motifs is 2. The Labute approximate surface area is 127 Å². The van der Waals surface area contributed by atoms with Crippen molar-refractivity contribution in [1.29, 1.82) is 0 Å². The van der Waals surface area contributed by atoms with Gasteiger partial charge in [0.15, 0.2) is 0 Å². The number of anilines is 1. The molecule has 0 N–H and O–H groups in total. The van der Waals surface area contributed by atoms with Crippen LogP contribution in [0.2, 0.25) is 0 Å². The molecule has 3 heteroatoms. The fraction of sp³-hybridized carbons (Fsp3) is 0.0526. The number of hydrogen-bond acceptors (Lipinski definition) is 2. The van der Waals surface area contributed by atoms with Gasteiger partial charge in [-0.2, -0.15) is 0 Å². The minimum atomic E-state index is -0.300. The topological polar surface area (TPSA) is 37.4 Å². The number of imide groups is 1.